The van der Waals surface area contributed by atoms with Crippen LogP contribution in [0.2, 0.25) is 0 Å². The highest BCUT2D eigenvalue weighted by Crippen LogP contribution is 2.35. The molecular formula is C23H26O7S. The zero-order valence-corrected chi connectivity index (χ0v) is 18.1. The summed E-state index contributed by atoms with van der Waals surface area (Å²) in [7, 11) is 0. The highest BCUT2D eigenvalue weighted by molar-refractivity contribution is 7.79. The summed E-state index contributed by atoms with van der Waals surface area (Å²) in [6.45, 7) is 3.99. The van der Waals surface area contributed by atoms with Crippen molar-refractivity contribution in [3.05, 3.63) is 66.2 Å². The Balaban J connectivity index is 1.48. The van der Waals surface area contributed by atoms with Gasteiger partial charge in [0.15, 0.2) is 18.7 Å². The minimum Gasteiger partial charge on any atom is -0.445 e. The molecule has 6 atom stereocenters. The highest BCUT2D eigenvalue weighted by atomic mass is 32.1. The SMILES string of the molecule is CC(C)O[C@H]1O[C@@H]2CO[C@@H](c3ccccc3)O[C@H]2[C@H](O)[C@H]1OC(=S)Oc1ccccc1. The van der Waals surface area contributed by atoms with Gasteiger partial charge in [-0.05, 0) is 26.0 Å². The fourth-order valence-corrected chi connectivity index (χ4v) is 3.78. The van der Waals surface area contributed by atoms with Crippen LogP contribution < -0.4 is 4.74 Å². The van der Waals surface area contributed by atoms with Gasteiger partial charge in [0.05, 0.1) is 12.7 Å². The Kier molecular flexibility index (Phi) is 7.16. The van der Waals surface area contributed by atoms with Gasteiger partial charge in [-0.15, -0.1) is 0 Å². The first kappa shape index (κ1) is 22.1. The molecule has 2 aromatic carbocycles. The lowest BCUT2D eigenvalue weighted by Crippen LogP contribution is -2.63. The number of benzene rings is 2. The lowest BCUT2D eigenvalue weighted by atomic mass is 9.97. The average Bonchev–Trinajstić information content (AvgIpc) is 2.77. The van der Waals surface area contributed by atoms with Crippen molar-refractivity contribution >= 4 is 17.5 Å². The van der Waals surface area contributed by atoms with Gasteiger partial charge in [0, 0.05) is 17.8 Å². The van der Waals surface area contributed by atoms with Crippen molar-refractivity contribution in [1.29, 1.82) is 0 Å². The van der Waals surface area contributed by atoms with Crippen molar-refractivity contribution in [2.45, 2.75) is 56.9 Å². The first-order valence-electron chi connectivity index (χ1n) is 10.3. The Labute approximate surface area is 186 Å². The second kappa shape index (κ2) is 10.0. The molecule has 0 radical (unpaired) electrons. The number of thiocarbonyl (C=S) groups is 1. The summed E-state index contributed by atoms with van der Waals surface area (Å²) in [6.07, 6.45) is -4.85. The van der Waals surface area contributed by atoms with Gasteiger partial charge in [-0.3, -0.25) is 0 Å². The fourth-order valence-electron chi connectivity index (χ4n) is 3.57. The number of ether oxygens (including phenoxy) is 6. The van der Waals surface area contributed by atoms with E-state index < -0.39 is 37.0 Å². The maximum Gasteiger partial charge on any atom is 0.358 e. The monoisotopic (exact) mass is 446 g/mol. The number of aliphatic hydroxyl groups is 1. The lowest BCUT2D eigenvalue weighted by molar-refractivity contribution is -0.363. The quantitative estimate of drug-likeness (QED) is 0.701. The van der Waals surface area contributed by atoms with Gasteiger partial charge in [0.25, 0.3) is 0 Å². The van der Waals surface area contributed by atoms with Gasteiger partial charge in [-0.25, -0.2) is 0 Å². The van der Waals surface area contributed by atoms with Crippen LogP contribution in [0, 0.1) is 0 Å². The molecule has 2 saturated heterocycles. The van der Waals surface area contributed by atoms with Gasteiger partial charge >= 0.3 is 5.24 Å². The molecule has 2 heterocycles. The van der Waals surface area contributed by atoms with E-state index in [1.54, 1.807) is 12.1 Å². The molecule has 0 aromatic heterocycles. The van der Waals surface area contributed by atoms with Crippen LogP contribution in [0.25, 0.3) is 0 Å². The smallest absolute Gasteiger partial charge is 0.358 e. The van der Waals surface area contributed by atoms with E-state index in [0.29, 0.717) is 5.75 Å². The first-order valence-corrected chi connectivity index (χ1v) is 10.7. The molecule has 0 spiro atoms. The molecule has 0 unspecified atom stereocenters. The van der Waals surface area contributed by atoms with Crippen molar-refractivity contribution < 1.29 is 33.5 Å². The summed E-state index contributed by atoms with van der Waals surface area (Å²) in [6, 6.07) is 18.6. The molecule has 2 fully saturated rings. The molecule has 4 rings (SSSR count). The van der Waals surface area contributed by atoms with Crippen LogP contribution >= 0.6 is 12.2 Å². The summed E-state index contributed by atoms with van der Waals surface area (Å²) in [5.41, 5.74) is 0.856. The number of hydrogen-bond donors (Lipinski definition) is 1. The second-order valence-corrected chi connectivity index (χ2v) is 7.98. The maximum atomic E-state index is 11.1. The summed E-state index contributed by atoms with van der Waals surface area (Å²) in [5.74, 6) is 0.532. The summed E-state index contributed by atoms with van der Waals surface area (Å²) >= 11 is 5.25. The lowest BCUT2D eigenvalue weighted by Gasteiger charge is -2.47. The molecule has 0 bridgehead atoms. The topological polar surface area (TPSA) is 75.6 Å². The third kappa shape index (κ3) is 5.41. The Hall–Kier alpha value is -2.07. The molecule has 166 valence electrons. The number of rotatable bonds is 5. The van der Waals surface area contributed by atoms with Crippen LogP contribution in [0.5, 0.6) is 5.75 Å². The molecule has 31 heavy (non-hydrogen) atoms. The van der Waals surface area contributed by atoms with Crippen LogP contribution in [0.4, 0.5) is 0 Å². The zero-order chi connectivity index (χ0) is 21.8. The summed E-state index contributed by atoms with van der Waals surface area (Å²) in [5, 5.41) is 11.0. The zero-order valence-electron chi connectivity index (χ0n) is 17.3. The Morgan fingerprint density at radius 2 is 1.71 bits per heavy atom. The summed E-state index contributed by atoms with van der Waals surface area (Å²) < 4.78 is 35.1. The van der Waals surface area contributed by atoms with Crippen molar-refractivity contribution in [3.8, 4) is 5.75 Å². The van der Waals surface area contributed by atoms with E-state index in [0.717, 1.165) is 5.56 Å². The third-order valence-electron chi connectivity index (χ3n) is 4.96. The van der Waals surface area contributed by atoms with E-state index in [9.17, 15) is 5.11 Å². The molecule has 1 N–H and O–H groups in total. The summed E-state index contributed by atoms with van der Waals surface area (Å²) in [4.78, 5) is 0. The number of aliphatic hydroxyl groups excluding tert-OH is 1. The molecule has 2 aliphatic rings. The third-order valence-corrected chi connectivity index (χ3v) is 5.14. The minimum atomic E-state index is -1.07. The van der Waals surface area contributed by atoms with Crippen LogP contribution in [-0.2, 0) is 23.7 Å². The van der Waals surface area contributed by atoms with E-state index in [1.165, 1.54) is 0 Å². The van der Waals surface area contributed by atoms with Crippen molar-refractivity contribution in [2.75, 3.05) is 6.61 Å². The largest absolute Gasteiger partial charge is 0.445 e. The Bertz CT molecular complexity index is 848. The average molecular weight is 447 g/mol. The van der Waals surface area contributed by atoms with E-state index >= 15 is 0 Å². The van der Waals surface area contributed by atoms with Crippen LogP contribution in [-0.4, -0.2) is 53.8 Å². The van der Waals surface area contributed by atoms with Crippen molar-refractivity contribution in [3.63, 3.8) is 0 Å². The van der Waals surface area contributed by atoms with Crippen LogP contribution in [0.1, 0.15) is 25.7 Å². The highest BCUT2D eigenvalue weighted by Gasteiger charge is 2.51. The van der Waals surface area contributed by atoms with Gasteiger partial charge in [0.1, 0.15) is 24.1 Å². The van der Waals surface area contributed by atoms with E-state index in [1.807, 2.05) is 62.4 Å². The molecule has 8 heteroatoms. The van der Waals surface area contributed by atoms with E-state index in [-0.39, 0.29) is 17.9 Å². The predicted molar refractivity (Wildman–Crippen MR) is 115 cm³/mol. The van der Waals surface area contributed by atoms with E-state index in [4.69, 9.17) is 40.6 Å². The number of para-hydroxylation sites is 1. The van der Waals surface area contributed by atoms with Crippen LogP contribution in [0.3, 0.4) is 0 Å². The molecule has 0 amide bonds. The minimum absolute atomic E-state index is 0.138. The van der Waals surface area contributed by atoms with Crippen molar-refractivity contribution in [2.24, 2.45) is 0 Å². The molecular weight excluding hydrogens is 420 g/mol. The molecule has 2 aliphatic heterocycles. The maximum absolute atomic E-state index is 11.1. The van der Waals surface area contributed by atoms with Gasteiger partial charge in [0.2, 0.25) is 0 Å². The van der Waals surface area contributed by atoms with Crippen LogP contribution in [0.15, 0.2) is 60.7 Å². The fraction of sp³-hybridized carbons (Fsp3) is 0.435. The molecule has 7 nitrogen and oxygen atoms in total. The first-order chi connectivity index (χ1) is 15.0. The molecule has 0 aliphatic carbocycles. The Morgan fingerprint density at radius 1 is 1.03 bits per heavy atom. The normalized spacial score (nSPS) is 30.5. The van der Waals surface area contributed by atoms with Gasteiger partial charge < -0.3 is 33.5 Å². The number of hydrogen-bond acceptors (Lipinski definition) is 8. The second-order valence-electron chi connectivity index (χ2n) is 7.64. The molecule has 2 aromatic rings. The van der Waals surface area contributed by atoms with Gasteiger partial charge in [-0.1, -0.05) is 48.5 Å². The molecule has 0 saturated carbocycles. The van der Waals surface area contributed by atoms with E-state index in [2.05, 4.69) is 0 Å². The van der Waals surface area contributed by atoms with Crippen molar-refractivity contribution in [1.82, 2.24) is 0 Å². The number of fused-ring (bicyclic) bond motifs is 1. The Morgan fingerprint density at radius 3 is 2.39 bits per heavy atom. The predicted octanol–water partition coefficient (Wildman–Crippen LogP) is 3.36. The van der Waals surface area contributed by atoms with Gasteiger partial charge in [-0.2, -0.15) is 0 Å². The standard InChI is InChI=1S/C23H26O7S/c1-14(2)26-22-20(30-23(31)27-16-11-7-4-8-12-16)18(24)19-17(28-22)13-25-21(29-19)15-9-5-3-6-10-15/h3-12,14,17-22,24H,13H2,1-2H3/t17-,18+,19-,20-,21-,22+/m1/s1.